The van der Waals surface area contributed by atoms with Gasteiger partial charge in [0.2, 0.25) is 0 Å². The fraction of sp³-hybridized carbons (Fsp3) is 0.0667. The van der Waals surface area contributed by atoms with Gasteiger partial charge in [-0.25, -0.2) is 0 Å². The molecule has 3 rings (SSSR count). The Labute approximate surface area is 139 Å². The van der Waals surface area contributed by atoms with Gasteiger partial charge in [-0.15, -0.1) is 23.1 Å². The number of pyridine rings is 1. The smallest absolute Gasteiger partial charge is 0.252 e. The molecule has 0 saturated heterocycles. The zero-order valence-electron chi connectivity index (χ0n) is 11.1. The van der Waals surface area contributed by atoms with Gasteiger partial charge < -0.3 is 10.1 Å². The van der Waals surface area contributed by atoms with Crippen LogP contribution >= 0.6 is 34.7 Å². The van der Waals surface area contributed by atoms with Crippen LogP contribution in [0, 0.1) is 11.3 Å². The highest BCUT2D eigenvalue weighted by Gasteiger charge is 2.16. The third-order valence-electron chi connectivity index (χ3n) is 3.02. The van der Waals surface area contributed by atoms with Crippen molar-refractivity contribution in [2.24, 2.45) is 0 Å². The summed E-state index contributed by atoms with van der Waals surface area (Å²) < 4.78 is 1.29. The minimum absolute atomic E-state index is 0.0985. The molecule has 2 N–H and O–H groups in total. The summed E-state index contributed by atoms with van der Waals surface area (Å²) in [4.78, 5) is 14.1. The normalized spacial score (nSPS) is 10.7. The van der Waals surface area contributed by atoms with Crippen LogP contribution in [0.2, 0.25) is 5.02 Å². The van der Waals surface area contributed by atoms with Gasteiger partial charge in [0.15, 0.2) is 0 Å². The molecule has 2 heterocycles. The standard InChI is InChI=1S/C15H9ClN2O2S2/c16-9-3-1-8(2-4-9)7-21-15-10(6-17)13-14(22-15)11(19)5-12(20)18-13/h1-5H,7H2,(H2,18,19,20). The molecule has 0 aliphatic rings. The van der Waals surface area contributed by atoms with Crippen LogP contribution < -0.4 is 5.56 Å². The van der Waals surface area contributed by atoms with E-state index in [1.807, 2.05) is 24.3 Å². The van der Waals surface area contributed by atoms with Gasteiger partial charge in [-0.1, -0.05) is 23.7 Å². The number of thiophene rings is 1. The molecule has 0 aliphatic heterocycles. The lowest BCUT2D eigenvalue weighted by molar-refractivity contribution is 0.481. The molecule has 0 unspecified atom stereocenters. The molecule has 1 aromatic carbocycles. The van der Waals surface area contributed by atoms with Crippen molar-refractivity contribution in [3.63, 3.8) is 0 Å². The van der Waals surface area contributed by atoms with Gasteiger partial charge in [0, 0.05) is 16.8 Å². The zero-order valence-corrected chi connectivity index (χ0v) is 13.5. The van der Waals surface area contributed by atoms with Crippen LogP contribution in [0.25, 0.3) is 10.2 Å². The lowest BCUT2D eigenvalue weighted by atomic mass is 10.2. The van der Waals surface area contributed by atoms with Crippen molar-refractivity contribution >= 4 is 44.9 Å². The van der Waals surface area contributed by atoms with Crippen molar-refractivity contribution in [1.82, 2.24) is 4.98 Å². The fourth-order valence-electron chi connectivity index (χ4n) is 1.99. The second-order valence-electron chi connectivity index (χ2n) is 4.51. The first kappa shape index (κ1) is 15.0. The van der Waals surface area contributed by atoms with E-state index in [9.17, 15) is 15.2 Å². The van der Waals surface area contributed by atoms with Crippen LogP contribution in [0.3, 0.4) is 0 Å². The summed E-state index contributed by atoms with van der Waals surface area (Å²) in [5.74, 6) is 0.572. The van der Waals surface area contributed by atoms with Gasteiger partial charge in [-0.3, -0.25) is 4.79 Å². The van der Waals surface area contributed by atoms with Crippen molar-refractivity contribution in [2.75, 3.05) is 0 Å². The Balaban J connectivity index is 1.97. The van der Waals surface area contributed by atoms with E-state index in [-0.39, 0.29) is 5.75 Å². The number of nitrogens with zero attached hydrogens (tertiary/aromatic N) is 1. The zero-order chi connectivity index (χ0) is 15.7. The van der Waals surface area contributed by atoms with Gasteiger partial charge >= 0.3 is 0 Å². The Morgan fingerprint density at radius 1 is 1.36 bits per heavy atom. The molecule has 0 aliphatic carbocycles. The molecule has 110 valence electrons. The summed E-state index contributed by atoms with van der Waals surface area (Å²) in [5, 5.41) is 19.9. The van der Waals surface area contributed by atoms with Crippen LogP contribution in [0.15, 0.2) is 39.3 Å². The molecular formula is C15H9ClN2O2S2. The highest BCUT2D eigenvalue weighted by Crippen LogP contribution is 2.40. The summed E-state index contributed by atoms with van der Waals surface area (Å²) >= 11 is 8.64. The molecule has 4 nitrogen and oxygen atoms in total. The molecule has 0 atom stereocenters. The van der Waals surface area contributed by atoms with Crippen LogP contribution in [-0.2, 0) is 5.75 Å². The van der Waals surface area contributed by atoms with Gasteiger partial charge in [-0.2, -0.15) is 5.26 Å². The predicted molar refractivity (Wildman–Crippen MR) is 89.8 cm³/mol. The van der Waals surface area contributed by atoms with Gasteiger partial charge in [-0.05, 0) is 17.7 Å². The van der Waals surface area contributed by atoms with E-state index < -0.39 is 5.56 Å². The fourth-order valence-corrected chi connectivity index (χ4v) is 4.42. The molecule has 0 amide bonds. The maximum Gasteiger partial charge on any atom is 0.252 e. The first-order valence-corrected chi connectivity index (χ1v) is 8.42. The van der Waals surface area contributed by atoms with Crippen molar-refractivity contribution in [3.8, 4) is 11.8 Å². The number of fused-ring (bicyclic) bond motifs is 1. The quantitative estimate of drug-likeness (QED) is 0.698. The summed E-state index contributed by atoms with van der Waals surface area (Å²) in [7, 11) is 0. The number of hydrogen-bond acceptors (Lipinski definition) is 5. The number of nitrogens with one attached hydrogen (secondary N) is 1. The Hall–Kier alpha value is -1.94. The van der Waals surface area contributed by atoms with Gasteiger partial charge in [0.05, 0.1) is 14.4 Å². The number of aromatic nitrogens is 1. The molecule has 0 fully saturated rings. The number of thioether (sulfide) groups is 1. The molecular weight excluding hydrogens is 340 g/mol. The van der Waals surface area contributed by atoms with Crippen molar-refractivity contribution in [1.29, 1.82) is 5.26 Å². The highest BCUT2D eigenvalue weighted by molar-refractivity contribution is 8.00. The maximum absolute atomic E-state index is 11.5. The summed E-state index contributed by atoms with van der Waals surface area (Å²) in [6.45, 7) is 0. The Morgan fingerprint density at radius 3 is 2.77 bits per heavy atom. The van der Waals surface area contributed by atoms with Gasteiger partial charge in [0.25, 0.3) is 5.56 Å². The lowest BCUT2D eigenvalue weighted by Gasteiger charge is -2.00. The van der Waals surface area contributed by atoms with Crippen LogP contribution in [0.5, 0.6) is 5.75 Å². The number of aromatic hydroxyl groups is 1. The van der Waals surface area contributed by atoms with Crippen molar-refractivity contribution in [3.05, 3.63) is 56.8 Å². The first-order valence-electron chi connectivity index (χ1n) is 6.24. The number of halogens is 1. The van der Waals surface area contributed by atoms with Crippen LogP contribution in [0.4, 0.5) is 0 Å². The highest BCUT2D eigenvalue weighted by atomic mass is 35.5. The Morgan fingerprint density at radius 2 is 2.09 bits per heavy atom. The molecule has 0 bridgehead atoms. The van der Waals surface area contributed by atoms with E-state index in [2.05, 4.69) is 11.1 Å². The minimum Gasteiger partial charge on any atom is -0.506 e. The average Bonchev–Trinajstić information content (AvgIpc) is 2.84. The van der Waals surface area contributed by atoms with Crippen LogP contribution in [-0.4, -0.2) is 10.1 Å². The Kier molecular flexibility index (Phi) is 4.12. The van der Waals surface area contributed by atoms with Gasteiger partial charge in [0.1, 0.15) is 17.4 Å². The van der Waals surface area contributed by atoms with E-state index in [0.717, 1.165) is 15.8 Å². The monoisotopic (exact) mass is 348 g/mol. The SMILES string of the molecule is N#Cc1c(SCc2ccc(Cl)cc2)sc2c(O)cc(=O)[nH]c12. The number of benzene rings is 1. The van der Waals surface area contributed by atoms with E-state index in [1.54, 1.807) is 0 Å². The lowest BCUT2D eigenvalue weighted by Crippen LogP contribution is -2.02. The molecule has 22 heavy (non-hydrogen) atoms. The second-order valence-corrected chi connectivity index (χ2v) is 7.22. The topological polar surface area (TPSA) is 76.9 Å². The third kappa shape index (κ3) is 2.83. The number of aromatic amines is 1. The van der Waals surface area contributed by atoms with E-state index >= 15 is 0 Å². The van der Waals surface area contributed by atoms with E-state index in [4.69, 9.17) is 11.6 Å². The number of hydrogen-bond donors (Lipinski definition) is 2. The molecule has 0 radical (unpaired) electrons. The molecule has 0 saturated carbocycles. The largest absolute Gasteiger partial charge is 0.506 e. The number of rotatable bonds is 3. The number of nitriles is 1. The van der Waals surface area contributed by atoms with Crippen molar-refractivity contribution < 1.29 is 5.11 Å². The summed E-state index contributed by atoms with van der Waals surface area (Å²) in [6, 6.07) is 10.7. The third-order valence-corrected chi connectivity index (χ3v) is 5.83. The molecule has 7 heteroatoms. The summed E-state index contributed by atoms with van der Waals surface area (Å²) in [6.07, 6.45) is 0. The maximum atomic E-state index is 11.5. The molecule has 0 spiro atoms. The Bertz CT molecular complexity index is 939. The summed E-state index contributed by atoms with van der Waals surface area (Å²) in [5.41, 5.74) is 1.45. The van der Waals surface area contributed by atoms with E-state index in [1.165, 1.54) is 23.1 Å². The second kappa shape index (κ2) is 6.05. The van der Waals surface area contributed by atoms with Crippen molar-refractivity contribution in [2.45, 2.75) is 9.96 Å². The van der Waals surface area contributed by atoms with Crippen LogP contribution in [0.1, 0.15) is 11.1 Å². The average molecular weight is 349 g/mol. The van der Waals surface area contributed by atoms with E-state index in [0.29, 0.717) is 26.6 Å². The first-order chi connectivity index (χ1) is 10.6. The molecule has 2 aromatic heterocycles. The molecule has 3 aromatic rings. The number of H-pyrrole nitrogens is 1. The minimum atomic E-state index is -0.423. The predicted octanol–water partition coefficient (Wildman–Crippen LogP) is 4.11.